The molecule has 0 aromatic carbocycles. The summed E-state index contributed by atoms with van der Waals surface area (Å²) < 4.78 is 0. The van der Waals surface area contributed by atoms with Gasteiger partial charge in [-0.15, -0.1) is 0 Å². The summed E-state index contributed by atoms with van der Waals surface area (Å²) in [7, 11) is 0. The van der Waals surface area contributed by atoms with Gasteiger partial charge in [-0.2, -0.15) is 0 Å². The van der Waals surface area contributed by atoms with Crippen molar-refractivity contribution in [3.63, 3.8) is 0 Å². The van der Waals surface area contributed by atoms with Gasteiger partial charge in [0.05, 0.1) is 0 Å². The summed E-state index contributed by atoms with van der Waals surface area (Å²) >= 11 is 0. The molecule has 0 N–H and O–H groups in total. The zero-order valence-corrected chi connectivity index (χ0v) is 7.90. The third-order valence-electron chi connectivity index (χ3n) is 2.78. The van der Waals surface area contributed by atoms with Crippen LogP contribution in [0.2, 0.25) is 0 Å². The van der Waals surface area contributed by atoms with Gasteiger partial charge in [0.1, 0.15) is 0 Å². The minimum absolute atomic E-state index is 0.935. The van der Waals surface area contributed by atoms with Gasteiger partial charge in [0.2, 0.25) is 0 Å². The van der Waals surface area contributed by atoms with E-state index in [1.54, 1.807) is 5.57 Å². The normalized spacial score (nSPS) is 18.7. The summed E-state index contributed by atoms with van der Waals surface area (Å²) in [5, 5.41) is 0. The van der Waals surface area contributed by atoms with Crippen molar-refractivity contribution in [3.05, 3.63) is 11.6 Å². The maximum absolute atomic E-state index is 2.53. The van der Waals surface area contributed by atoms with Gasteiger partial charge in [-0.3, -0.25) is 0 Å². The van der Waals surface area contributed by atoms with Crippen LogP contribution in [0.15, 0.2) is 11.6 Å². The van der Waals surface area contributed by atoms with Crippen molar-refractivity contribution in [2.45, 2.75) is 52.4 Å². The smallest absolute Gasteiger partial charge is 0.0231 e. The molecule has 0 radical (unpaired) electrons. The maximum Gasteiger partial charge on any atom is -0.0231 e. The van der Waals surface area contributed by atoms with Crippen LogP contribution in [0, 0.1) is 5.92 Å². The lowest BCUT2D eigenvalue weighted by molar-refractivity contribution is 0.673. The first-order valence-electron chi connectivity index (χ1n) is 5.06. The van der Waals surface area contributed by atoms with Crippen LogP contribution in [0.4, 0.5) is 0 Å². The molecule has 0 unspecified atom stereocenters. The van der Waals surface area contributed by atoms with Gasteiger partial charge in [-0.05, 0) is 31.6 Å². The molecule has 0 nitrogen and oxygen atoms in total. The minimum atomic E-state index is 0.935. The number of hydrogen-bond acceptors (Lipinski definition) is 0. The SMILES string of the molecule is CCC(=CC1CCCC1)CC. The molecule has 1 aliphatic rings. The van der Waals surface area contributed by atoms with Crippen LogP contribution in [-0.4, -0.2) is 0 Å². The molecule has 0 spiro atoms. The van der Waals surface area contributed by atoms with Crippen molar-refractivity contribution in [1.82, 2.24) is 0 Å². The molecule has 0 aromatic heterocycles. The molecular weight excluding hydrogens is 132 g/mol. The number of rotatable bonds is 3. The zero-order chi connectivity index (χ0) is 8.10. The lowest BCUT2D eigenvalue weighted by Crippen LogP contribution is -1.89. The standard InChI is InChI=1S/C11H20/c1-3-10(4-2)9-11-7-5-6-8-11/h9,11H,3-8H2,1-2H3. The lowest BCUT2D eigenvalue weighted by atomic mass is 10.0. The average molecular weight is 152 g/mol. The van der Waals surface area contributed by atoms with E-state index >= 15 is 0 Å². The van der Waals surface area contributed by atoms with Gasteiger partial charge in [0.15, 0.2) is 0 Å². The maximum atomic E-state index is 2.53. The Morgan fingerprint density at radius 3 is 2.18 bits per heavy atom. The summed E-state index contributed by atoms with van der Waals surface area (Å²) in [5.74, 6) is 0.935. The van der Waals surface area contributed by atoms with Gasteiger partial charge in [-0.1, -0.05) is 38.3 Å². The Morgan fingerprint density at radius 2 is 1.73 bits per heavy atom. The van der Waals surface area contributed by atoms with Gasteiger partial charge in [0.25, 0.3) is 0 Å². The fourth-order valence-electron chi connectivity index (χ4n) is 1.94. The summed E-state index contributed by atoms with van der Waals surface area (Å²) in [6, 6.07) is 0. The molecule has 64 valence electrons. The topological polar surface area (TPSA) is 0 Å². The summed E-state index contributed by atoms with van der Waals surface area (Å²) in [6.07, 6.45) is 10.9. The van der Waals surface area contributed by atoms with E-state index in [-0.39, 0.29) is 0 Å². The molecule has 11 heavy (non-hydrogen) atoms. The largest absolute Gasteiger partial charge is 0.0822 e. The van der Waals surface area contributed by atoms with Gasteiger partial charge >= 0.3 is 0 Å². The first-order chi connectivity index (χ1) is 5.36. The van der Waals surface area contributed by atoms with Crippen molar-refractivity contribution in [2.24, 2.45) is 5.92 Å². The Kier molecular flexibility index (Phi) is 3.68. The Labute approximate surface area is 70.7 Å². The summed E-state index contributed by atoms with van der Waals surface area (Å²) in [4.78, 5) is 0. The predicted molar refractivity (Wildman–Crippen MR) is 50.6 cm³/mol. The van der Waals surface area contributed by atoms with Crippen LogP contribution < -0.4 is 0 Å². The average Bonchev–Trinajstić information content (AvgIpc) is 2.52. The molecule has 0 heterocycles. The van der Waals surface area contributed by atoms with Crippen LogP contribution in [0.1, 0.15) is 52.4 Å². The van der Waals surface area contributed by atoms with Crippen molar-refractivity contribution in [3.8, 4) is 0 Å². The summed E-state index contributed by atoms with van der Waals surface area (Å²) in [6.45, 7) is 4.54. The van der Waals surface area contributed by atoms with E-state index in [9.17, 15) is 0 Å². The molecule has 0 saturated heterocycles. The number of allylic oxidation sites excluding steroid dienone is 2. The molecule has 1 aliphatic carbocycles. The van der Waals surface area contributed by atoms with Crippen LogP contribution in [0.5, 0.6) is 0 Å². The monoisotopic (exact) mass is 152 g/mol. The first-order valence-corrected chi connectivity index (χ1v) is 5.06. The lowest BCUT2D eigenvalue weighted by Gasteiger charge is -2.05. The highest BCUT2D eigenvalue weighted by Gasteiger charge is 2.12. The van der Waals surface area contributed by atoms with Crippen molar-refractivity contribution in [2.75, 3.05) is 0 Å². The van der Waals surface area contributed by atoms with Gasteiger partial charge in [-0.25, -0.2) is 0 Å². The molecule has 0 amide bonds. The van der Waals surface area contributed by atoms with Crippen molar-refractivity contribution in [1.29, 1.82) is 0 Å². The van der Waals surface area contributed by atoms with E-state index in [2.05, 4.69) is 19.9 Å². The fraction of sp³-hybridized carbons (Fsp3) is 0.818. The van der Waals surface area contributed by atoms with Crippen LogP contribution in [0.25, 0.3) is 0 Å². The number of hydrogen-bond donors (Lipinski definition) is 0. The molecule has 0 bridgehead atoms. The summed E-state index contributed by atoms with van der Waals surface area (Å²) in [5.41, 5.74) is 1.66. The third kappa shape index (κ3) is 2.69. The molecule has 0 aromatic rings. The quantitative estimate of drug-likeness (QED) is 0.538. The van der Waals surface area contributed by atoms with E-state index in [1.807, 2.05) is 0 Å². The molecule has 0 heteroatoms. The van der Waals surface area contributed by atoms with Crippen LogP contribution in [-0.2, 0) is 0 Å². The molecule has 1 fully saturated rings. The molecule has 1 saturated carbocycles. The van der Waals surface area contributed by atoms with E-state index in [0.29, 0.717) is 0 Å². The van der Waals surface area contributed by atoms with E-state index < -0.39 is 0 Å². The van der Waals surface area contributed by atoms with E-state index in [1.165, 1.54) is 38.5 Å². The molecule has 1 rings (SSSR count). The first kappa shape index (κ1) is 8.83. The Bertz CT molecular complexity index is 121. The van der Waals surface area contributed by atoms with Crippen molar-refractivity contribution < 1.29 is 0 Å². The molecule has 0 aliphatic heterocycles. The highest BCUT2D eigenvalue weighted by Crippen LogP contribution is 2.27. The Hall–Kier alpha value is -0.260. The fourth-order valence-corrected chi connectivity index (χ4v) is 1.94. The highest BCUT2D eigenvalue weighted by molar-refractivity contribution is 5.04. The highest BCUT2D eigenvalue weighted by atomic mass is 14.2. The van der Waals surface area contributed by atoms with Gasteiger partial charge in [0, 0.05) is 0 Å². The molecular formula is C11H20. The zero-order valence-electron chi connectivity index (χ0n) is 7.90. The molecule has 0 atom stereocenters. The van der Waals surface area contributed by atoms with Crippen molar-refractivity contribution >= 4 is 0 Å². The van der Waals surface area contributed by atoms with Gasteiger partial charge < -0.3 is 0 Å². The van der Waals surface area contributed by atoms with Crippen LogP contribution >= 0.6 is 0 Å². The Balaban J connectivity index is 2.40. The predicted octanol–water partition coefficient (Wildman–Crippen LogP) is 3.92. The van der Waals surface area contributed by atoms with E-state index in [4.69, 9.17) is 0 Å². The second-order valence-electron chi connectivity index (χ2n) is 3.58. The minimum Gasteiger partial charge on any atom is -0.0822 e. The van der Waals surface area contributed by atoms with Crippen LogP contribution in [0.3, 0.4) is 0 Å². The third-order valence-corrected chi connectivity index (χ3v) is 2.78. The Morgan fingerprint density at radius 1 is 1.18 bits per heavy atom. The second-order valence-corrected chi connectivity index (χ2v) is 3.58. The van der Waals surface area contributed by atoms with E-state index in [0.717, 1.165) is 5.92 Å². The second kappa shape index (κ2) is 4.58.